The van der Waals surface area contributed by atoms with Gasteiger partial charge in [-0.2, -0.15) is 0 Å². The van der Waals surface area contributed by atoms with E-state index in [4.69, 9.17) is 11.6 Å². The molecule has 0 saturated carbocycles. The zero-order chi connectivity index (χ0) is 12.7. The summed E-state index contributed by atoms with van der Waals surface area (Å²) < 4.78 is 0. The Hall–Kier alpha value is -0.450. The summed E-state index contributed by atoms with van der Waals surface area (Å²) >= 11 is 7.37. The molecule has 92 valence electrons. The van der Waals surface area contributed by atoms with Crippen molar-refractivity contribution in [1.82, 2.24) is 0 Å². The standard InChI is InChI=1S/C14H9ClO2S.Na.H/c15-8-5-6-12-11(7-8)9-3-1-2-4-10(9)13(18-12)14(16)17;;/h1-7,13H,(H,16,17);;. The Morgan fingerprint density at radius 3 is 2.63 bits per heavy atom. The summed E-state index contributed by atoms with van der Waals surface area (Å²) in [5.41, 5.74) is 2.81. The molecule has 5 heteroatoms. The van der Waals surface area contributed by atoms with Crippen LogP contribution in [-0.4, -0.2) is 40.6 Å². The van der Waals surface area contributed by atoms with E-state index in [9.17, 15) is 9.90 Å². The van der Waals surface area contributed by atoms with Gasteiger partial charge in [-0.05, 0) is 34.9 Å². The summed E-state index contributed by atoms with van der Waals surface area (Å²) in [5, 5.41) is 9.44. The average molecular weight is 301 g/mol. The van der Waals surface area contributed by atoms with Gasteiger partial charge in [0.15, 0.2) is 0 Å². The number of hydrogen-bond donors (Lipinski definition) is 1. The van der Waals surface area contributed by atoms with Crippen LogP contribution in [0.25, 0.3) is 11.1 Å². The third-order valence-corrected chi connectivity index (χ3v) is 4.48. The predicted molar refractivity (Wildman–Crippen MR) is 80.3 cm³/mol. The van der Waals surface area contributed by atoms with Gasteiger partial charge in [0.25, 0.3) is 0 Å². The Morgan fingerprint density at radius 1 is 1.16 bits per heavy atom. The normalized spacial score (nSPS) is 15.9. The van der Waals surface area contributed by atoms with Crippen LogP contribution in [0.15, 0.2) is 47.4 Å². The summed E-state index contributed by atoms with van der Waals surface area (Å²) in [6.45, 7) is 0. The second-order valence-corrected chi connectivity index (χ2v) is 5.65. The van der Waals surface area contributed by atoms with Gasteiger partial charge in [0, 0.05) is 9.92 Å². The van der Waals surface area contributed by atoms with Crippen molar-refractivity contribution in [3.8, 4) is 11.1 Å². The third-order valence-electron chi connectivity index (χ3n) is 2.94. The van der Waals surface area contributed by atoms with Gasteiger partial charge in [0.05, 0.1) is 0 Å². The molecular formula is C14H10ClNaO2S. The van der Waals surface area contributed by atoms with Crippen LogP contribution < -0.4 is 0 Å². The van der Waals surface area contributed by atoms with Crippen LogP contribution in [-0.2, 0) is 4.79 Å². The van der Waals surface area contributed by atoms with Gasteiger partial charge >= 0.3 is 35.5 Å². The quantitative estimate of drug-likeness (QED) is 0.818. The van der Waals surface area contributed by atoms with E-state index in [2.05, 4.69) is 0 Å². The van der Waals surface area contributed by atoms with E-state index in [0.29, 0.717) is 5.02 Å². The predicted octanol–water partition coefficient (Wildman–Crippen LogP) is 3.59. The van der Waals surface area contributed by atoms with Crippen LogP contribution in [0.2, 0.25) is 5.02 Å². The second-order valence-electron chi connectivity index (χ2n) is 4.06. The number of benzene rings is 2. The SMILES string of the molecule is O=C(O)C1Sc2ccc(Cl)cc2-c2ccccc21.[NaH]. The number of carboxylic acid groups (broad SMARTS) is 1. The average Bonchev–Trinajstić information content (AvgIpc) is 2.37. The summed E-state index contributed by atoms with van der Waals surface area (Å²) in [4.78, 5) is 12.3. The number of rotatable bonds is 1. The Balaban J connectivity index is 0.00000133. The summed E-state index contributed by atoms with van der Waals surface area (Å²) in [7, 11) is 0. The van der Waals surface area contributed by atoms with E-state index in [1.54, 1.807) is 6.07 Å². The van der Waals surface area contributed by atoms with E-state index in [-0.39, 0.29) is 29.6 Å². The first-order valence-corrected chi connectivity index (χ1v) is 6.71. The molecular weight excluding hydrogens is 291 g/mol. The Kier molecular flexibility index (Phi) is 4.64. The van der Waals surface area contributed by atoms with Crippen molar-refractivity contribution in [1.29, 1.82) is 0 Å². The van der Waals surface area contributed by atoms with Crippen molar-refractivity contribution in [2.45, 2.75) is 10.1 Å². The minimum atomic E-state index is -0.812. The molecule has 1 aliphatic heterocycles. The van der Waals surface area contributed by atoms with Gasteiger partial charge < -0.3 is 5.11 Å². The van der Waals surface area contributed by atoms with Crippen LogP contribution in [0, 0.1) is 0 Å². The molecule has 0 spiro atoms. The molecule has 0 bridgehead atoms. The van der Waals surface area contributed by atoms with Gasteiger partial charge in [-0.1, -0.05) is 35.9 Å². The maximum absolute atomic E-state index is 11.3. The second kappa shape index (κ2) is 5.90. The van der Waals surface area contributed by atoms with Gasteiger partial charge in [-0.15, -0.1) is 11.8 Å². The Morgan fingerprint density at radius 2 is 1.89 bits per heavy atom. The van der Waals surface area contributed by atoms with E-state index < -0.39 is 11.2 Å². The molecule has 2 nitrogen and oxygen atoms in total. The first kappa shape index (κ1) is 14.9. The van der Waals surface area contributed by atoms with Crippen molar-refractivity contribution < 1.29 is 9.90 Å². The van der Waals surface area contributed by atoms with Crippen LogP contribution in [0.5, 0.6) is 0 Å². The first-order valence-electron chi connectivity index (χ1n) is 5.45. The number of carboxylic acids is 1. The topological polar surface area (TPSA) is 37.3 Å². The van der Waals surface area contributed by atoms with Gasteiger partial charge in [0.1, 0.15) is 5.25 Å². The number of fused-ring (bicyclic) bond motifs is 3. The number of hydrogen-bond acceptors (Lipinski definition) is 2. The summed E-state index contributed by atoms with van der Waals surface area (Å²) in [6.07, 6.45) is 0. The molecule has 2 aromatic rings. The molecule has 0 aliphatic carbocycles. The van der Waals surface area contributed by atoms with Crippen molar-refractivity contribution in [3.63, 3.8) is 0 Å². The van der Waals surface area contributed by atoms with E-state index in [1.165, 1.54) is 11.8 Å². The van der Waals surface area contributed by atoms with E-state index in [1.807, 2.05) is 36.4 Å². The molecule has 19 heavy (non-hydrogen) atoms. The van der Waals surface area contributed by atoms with Gasteiger partial charge in [0.2, 0.25) is 0 Å². The van der Waals surface area contributed by atoms with E-state index in [0.717, 1.165) is 21.6 Å². The molecule has 1 unspecified atom stereocenters. The van der Waals surface area contributed by atoms with E-state index >= 15 is 0 Å². The summed E-state index contributed by atoms with van der Waals surface area (Å²) in [6, 6.07) is 13.2. The van der Waals surface area contributed by atoms with Gasteiger partial charge in [-0.25, -0.2) is 0 Å². The molecule has 3 rings (SSSR count). The number of halogens is 1. The zero-order valence-corrected chi connectivity index (χ0v) is 10.8. The van der Waals surface area contributed by atoms with Crippen molar-refractivity contribution in [2.24, 2.45) is 0 Å². The molecule has 0 fully saturated rings. The number of carbonyl (C=O) groups is 1. The fourth-order valence-corrected chi connectivity index (χ4v) is 3.46. The molecule has 1 heterocycles. The van der Waals surface area contributed by atoms with Crippen LogP contribution in [0.3, 0.4) is 0 Å². The fraction of sp³-hybridized carbons (Fsp3) is 0.0714. The maximum atomic E-state index is 11.3. The Labute approximate surface area is 142 Å². The van der Waals surface area contributed by atoms with Crippen molar-refractivity contribution in [2.75, 3.05) is 0 Å². The van der Waals surface area contributed by atoms with Crippen LogP contribution in [0.1, 0.15) is 10.8 Å². The minimum absolute atomic E-state index is 0. The molecule has 0 saturated heterocycles. The monoisotopic (exact) mass is 300 g/mol. The van der Waals surface area contributed by atoms with Crippen molar-refractivity contribution >= 4 is 58.9 Å². The number of aliphatic carboxylic acids is 1. The van der Waals surface area contributed by atoms with Crippen LogP contribution >= 0.6 is 23.4 Å². The molecule has 2 aromatic carbocycles. The molecule has 1 aliphatic rings. The fourth-order valence-electron chi connectivity index (χ4n) is 2.16. The molecule has 0 radical (unpaired) electrons. The van der Waals surface area contributed by atoms with Gasteiger partial charge in [-0.3, -0.25) is 4.79 Å². The third kappa shape index (κ3) is 2.71. The number of thioether (sulfide) groups is 1. The molecule has 1 atom stereocenters. The summed E-state index contributed by atoms with van der Waals surface area (Å²) in [5.74, 6) is -0.812. The van der Waals surface area contributed by atoms with Crippen LogP contribution in [0.4, 0.5) is 0 Å². The zero-order valence-electron chi connectivity index (χ0n) is 9.26. The molecule has 0 aromatic heterocycles. The Bertz CT molecular complexity index is 645. The first-order chi connectivity index (χ1) is 8.66. The molecule has 0 amide bonds. The molecule has 1 N–H and O–H groups in total. The van der Waals surface area contributed by atoms with Crippen molar-refractivity contribution in [3.05, 3.63) is 53.1 Å².